The van der Waals surface area contributed by atoms with Gasteiger partial charge < -0.3 is 4.90 Å². The largest absolute Gasteiger partial charge is 0.342 e. The summed E-state index contributed by atoms with van der Waals surface area (Å²) in [4.78, 5) is 35.3. The molecular weight excluding hydrogens is 378 g/mol. The first-order valence-electron chi connectivity index (χ1n) is 11.7. The molecule has 2 fully saturated rings. The maximum atomic E-state index is 13.2. The number of carbonyl (C=O) groups is 1. The molecule has 4 heterocycles. The van der Waals surface area contributed by atoms with Gasteiger partial charge in [0.15, 0.2) is 5.65 Å². The Labute approximate surface area is 177 Å². The molecule has 0 bridgehead atoms. The highest BCUT2D eigenvalue weighted by molar-refractivity contribution is 5.79. The summed E-state index contributed by atoms with van der Waals surface area (Å²) < 4.78 is 1.62. The average Bonchev–Trinajstić information content (AvgIpc) is 3.43. The summed E-state index contributed by atoms with van der Waals surface area (Å²) in [5.41, 5.74) is 3.55. The second-order valence-electron chi connectivity index (χ2n) is 9.67. The van der Waals surface area contributed by atoms with Crippen molar-refractivity contribution in [2.24, 2.45) is 5.92 Å². The molecule has 0 spiro atoms. The number of nitrogens with one attached hydrogen (secondary N) is 1. The van der Waals surface area contributed by atoms with Gasteiger partial charge in [-0.15, -0.1) is 0 Å². The van der Waals surface area contributed by atoms with Crippen molar-refractivity contribution in [3.05, 3.63) is 33.4 Å². The molecule has 0 radical (unpaired) electrons. The Morgan fingerprint density at radius 1 is 1.17 bits per heavy atom. The lowest BCUT2D eigenvalue weighted by Gasteiger charge is -2.34. The van der Waals surface area contributed by atoms with Gasteiger partial charge in [0.1, 0.15) is 0 Å². The molecule has 5 rings (SSSR count). The van der Waals surface area contributed by atoms with Gasteiger partial charge in [-0.05, 0) is 39.5 Å². The zero-order valence-electron chi connectivity index (χ0n) is 18.2. The van der Waals surface area contributed by atoms with Gasteiger partial charge in [-0.2, -0.15) is 0 Å². The summed E-state index contributed by atoms with van der Waals surface area (Å²) in [7, 11) is 0. The third-order valence-electron chi connectivity index (χ3n) is 7.42. The summed E-state index contributed by atoms with van der Waals surface area (Å²) in [6, 6.07) is 2.45. The number of rotatable bonds is 3. The lowest BCUT2D eigenvalue weighted by atomic mass is 9.93. The minimum atomic E-state index is 0.0290. The van der Waals surface area contributed by atoms with E-state index in [1.165, 1.54) is 12.8 Å². The molecule has 7 nitrogen and oxygen atoms in total. The Balaban J connectivity index is 1.40. The van der Waals surface area contributed by atoms with Gasteiger partial charge in [-0.3, -0.25) is 19.6 Å². The van der Waals surface area contributed by atoms with E-state index in [-0.39, 0.29) is 17.4 Å². The van der Waals surface area contributed by atoms with Crippen LogP contribution in [0.25, 0.3) is 5.65 Å². The van der Waals surface area contributed by atoms with Crippen molar-refractivity contribution in [2.75, 3.05) is 19.6 Å². The summed E-state index contributed by atoms with van der Waals surface area (Å²) in [6.45, 7) is 7.57. The van der Waals surface area contributed by atoms with Crippen LogP contribution in [-0.4, -0.2) is 56.0 Å². The van der Waals surface area contributed by atoms with Gasteiger partial charge in [0, 0.05) is 62.2 Å². The lowest BCUT2D eigenvalue weighted by Crippen LogP contribution is -2.42. The van der Waals surface area contributed by atoms with Crippen LogP contribution < -0.4 is 5.56 Å². The number of hydrogen-bond donors (Lipinski definition) is 1. The molecule has 1 aliphatic carbocycles. The summed E-state index contributed by atoms with van der Waals surface area (Å²) in [5, 5.41) is 3.34. The first kappa shape index (κ1) is 19.8. The van der Waals surface area contributed by atoms with E-state index < -0.39 is 0 Å². The van der Waals surface area contributed by atoms with E-state index in [0.29, 0.717) is 24.1 Å². The molecule has 2 aromatic heterocycles. The first-order valence-corrected chi connectivity index (χ1v) is 11.7. The number of aromatic amines is 1. The lowest BCUT2D eigenvalue weighted by molar-refractivity contribution is -0.136. The molecule has 0 aromatic carbocycles. The normalized spacial score (nSPS) is 23.4. The molecule has 30 heavy (non-hydrogen) atoms. The van der Waals surface area contributed by atoms with Gasteiger partial charge in [-0.1, -0.05) is 12.8 Å². The van der Waals surface area contributed by atoms with Crippen LogP contribution in [0.3, 0.4) is 0 Å². The molecule has 1 saturated carbocycles. The Hall–Kier alpha value is -2.15. The molecule has 3 aliphatic rings. The van der Waals surface area contributed by atoms with Crippen LogP contribution in [0.5, 0.6) is 0 Å². The maximum absolute atomic E-state index is 13.2. The zero-order valence-corrected chi connectivity index (χ0v) is 18.2. The van der Waals surface area contributed by atoms with Crippen molar-refractivity contribution in [1.29, 1.82) is 0 Å². The fourth-order valence-corrected chi connectivity index (χ4v) is 5.53. The second-order valence-corrected chi connectivity index (χ2v) is 9.67. The van der Waals surface area contributed by atoms with Crippen LogP contribution in [0.1, 0.15) is 75.2 Å². The van der Waals surface area contributed by atoms with Gasteiger partial charge in [-0.25, -0.2) is 9.50 Å². The Bertz CT molecular complexity index is 1000. The number of nitrogens with zero attached hydrogens (tertiary/aromatic N) is 4. The Morgan fingerprint density at radius 2 is 1.97 bits per heavy atom. The number of aromatic nitrogens is 3. The fourth-order valence-electron chi connectivity index (χ4n) is 5.53. The van der Waals surface area contributed by atoms with Gasteiger partial charge >= 0.3 is 0 Å². The predicted molar refractivity (Wildman–Crippen MR) is 116 cm³/mol. The van der Waals surface area contributed by atoms with E-state index in [0.717, 1.165) is 68.7 Å². The highest BCUT2D eigenvalue weighted by Gasteiger charge is 2.32. The molecule has 2 aromatic rings. The van der Waals surface area contributed by atoms with Crippen molar-refractivity contribution in [1.82, 2.24) is 24.4 Å². The van der Waals surface area contributed by atoms with E-state index in [2.05, 4.69) is 28.7 Å². The standard InChI is InChI=1S/C23H33N5O2/c1-15(2)26-11-9-19-18(14-26)23(30)28-21(24-19)12-20(25-28)17-8-5-10-27(13-17)22(29)16-6-3-4-7-16/h12,15-17,25H,3-11,13-14H2,1-2H3/t17-/m0/s1. The highest BCUT2D eigenvalue weighted by atomic mass is 16.2. The minimum Gasteiger partial charge on any atom is -0.342 e. The molecule has 0 unspecified atom stereocenters. The van der Waals surface area contributed by atoms with Crippen LogP contribution in [0, 0.1) is 5.92 Å². The van der Waals surface area contributed by atoms with Crippen LogP contribution in [0.4, 0.5) is 0 Å². The second kappa shape index (κ2) is 7.84. The number of likely N-dealkylation sites (tertiary alicyclic amines) is 1. The monoisotopic (exact) mass is 411 g/mol. The summed E-state index contributed by atoms with van der Waals surface area (Å²) >= 11 is 0. The van der Waals surface area contributed by atoms with Crippen LogP contribution in [0.15, 0.2) is 10.9 Å². The molecule has 162 valence electrons. The number of carbonyl (C=O) groups excluding carboxylic acids is 1. The molecular formula is C23H33N5O2. The highest BCUT2D eigenvalue weighted by Crippen LogP contribution is 2.31. The van der Waals surface area contributed by atoms with Gasteiger partial charge in [0.25, 0.3) is 5.56 Å². The fraction of sp³-hybridized carbons (Fsp3) is 0.696. The number of hydrogen-bond acceptors (Lipinski definition) is 4. The predicted octanol–water partition coefficient (Wildman–Crippen LogP) is 2.69. The van der Waals surface area contributed by atoms with Crippen LogP contribution in [0.2, 0.25) is 0 Å². The van der Waals surface area contributed by atoms with Crippen LogP contribution in [-0.2, 0) is 17.8 Å². The smallest absolute Gasteiger partial charge is 0.277 e. The summed E-state index contributed by atoms with van der Waals surface area (Å²) in [6.07, 6.45) is 7.34. The molecule has 1 N–H and O–H groups in total. The number of piperidine rings is 1. The van der Waals surface area contributed by atoms with Crippen molar-refractivity contribution >= 4 is 11.6 Å². The average molecular weight is 412 g/mol. The SMILES string of the molecule is CC(C)N1CCc2nc3cc([C@H]4CCCN(C(=O)C5CCCC5)C4)[nH]n3c(=O)c2C1. The van der Waals surface area contributed by atoms with E-state index in [4.69, 9.17) is 4.98 Å². The van der Waals surface area contributed by atoms with Crippen molar-refractivity contribution in [2.45, 2.75) is 77.3 Å². The third kappa shape index (κ3) is 3.47. The minimum absolute atomic E-state index is 0.0290. The van der Waals surface area contributed by atoms with E-state index in [1.54, 1.807) is 4.52 Å². The third-order valence-corrected chi connectivity index (χ3v) is 7.42. The molecule has 2 aliphatic heterocycles. The van der Waals surface area contributed by atoms with E-state index >= 15 is 0 Å². The zero-order chi connectivity index (χ0) is 20.8. The molecule has 7 heteroatoms. The van der Waals surface area contributed by atoms with Crippen molar-refractivity contribution in [3.8, 4) is 0 Å². The van der Waals surface area contributed by atoms with Gasteiger partial charge in [0.2, 0.25) is 5.91 Å². The topological polar surface area (TPSA) is 73.7 Å². The van der Waals surface area contributed by atoms with Gasteiger partial charge in [0.05, 0.1) is 11.3 Å². The molecule has 1 amide bonds. The quantitative estimate of drug-likeness (QED) is 0.843. The molecule has 1 saturated heterocycles. The van der Waals surface area contributed by atoms with Crippen LogP contribution >= 0.6 is 0 Å². The Morgan fingerprint density at radius 3 is 2.73 bits per heavy atom. The number of H-pyrrole nitrogens is 1. The number of fused-ring (bicyclic) bond motifs is 2. The van der Waals surface area contributed by atoms with Crippen molar-refractivity contribution < 1.29 is 4.79 Å². The first-order chi connectivity index (χ1) is 14.5. The van der Waals surface area contributed by atoms with E-state index in [1.807, 2.05) is 6.07 Å². The van der Waals surface area contributed by atoms with Crippen molar-refractivity contribution in [3.63, 3.8) is 0 Å². The molecule has 1 atom stereocenters. The van der Waals surface area contributed by atoms with E-state index in [9.17, 15) is 9.59 Å². The number of amides is 1. The maximum Gasteiger partial charge on any atom is 0.277 e. The summed E-state index contributed by atoms with van der Waals surface area (Å²) in [5.74, 6) is 0.814. The Kier molecular flexibility index (Phi) is 5.17.